The van der Waals surface area contributed by atoms with E-state index in [-0.39, 0.29) is 6.54 Å². The van der Waals surface area contributed by atoms with Crippen LogP contribution in [0.2, 0.25) is 0 Å². The van der Waals surface area contributed by atoms with E-state index in [4.69, 9.17) is 5.11 Å². The van der Waals surface area contributed by atoms with E-state index < -0.39 is 5.97 Å². The summed E-state index contributed by atoms with van der Waals surface area (Å²) in [4.78, 5) is 12.7. The fraction of sp³-hybridized carbons (Fsp3) is 0.556. The molecule has 14 heavy (non-hydrogen) atoms. The smallest absolute Gasteiger partial charge is 0.325 e. The Labute approximate surface area is 81.9 Å². The predicted octanol–water partition coefficient (Wildman–Crippen LogP) is -0.0444. The monoisotopic (exact) mass is 195 g/mol. The van der Waals surface area contributed by atoms with Gasteiger partial charge in [-0.15, -0.1) is 0 Å². The van der Waals surface area contributed by atoms with E-state index in [0.717, 1.165) is 30.8 Å². The van der Waals surface area contributed by atoms with Crippen LogP contribution >= 0.6 is 0 Å². The molecule has 0 aliphatic carbocycles. The number of carboxylic acid groups (broad SMARTS) is 1. The summed E-state index contributed by atoms with van der Waals surface area (Å²) in [5.41, 5.74) is 2.23. The molecule has 0 saturated heterocycles. The quantitative estimate of drug-likeness (QED) is 0.719. The lowest BCUT2D eigenvalue weighted by Crippen LogP contribution is -2.28. The molecule has 0 bridgehead atoms. The molecule has 0 atom stereocenters. The Bertz CT molecular complexity index is 359. The zero-order valence-corrected chi connectivity index (χ0v) is 8.10. The van der Waals surface area contributed by atoms with Crippen molar-refractivity contribution in [2.45, 2.75) is 19.5 Å². The second kappa shape index (κ2) is 3.42. The minimum absolute atomic E-state index is 0.0287. The Morgan fingerprint density at radius 1 is 1.71 bits per heavy atom. The summed E-state index contributed by atoms with van der Waals surface area (Å²) in [5, 5.41) is 12.7. The Hall–Kier alpha value is -1.36. The van der Waals surface area contributed by atoms with Crippen molar-refractivity contribution in [3.8, 4) is 0 Å². The molecule has 1 aliphatic rings. The number of hydrogen-bond donors (Lipinski definition) is 1. The van der Waals surface area contributed by atoms with Gasteiger partial charge in [-0.25, -0.2) is 0 Å². The summed E-state index contributed by atoms with van der Waals surface area (Å²) in [7, 11) is 2.05. The number of likely N-dealkylation sites (N-methyl/N-ethyl adjacent to an activating group) is 1. The third-order valence-corrected chi connectivity index (χ3v) is 2.49. The molecule has 2 heterocycles. The predicted molar refractivity (Wildman–Crippen MR) is 49.9 cm³/mol. The molecule has 0 spiro atoms. The van der Waals surface area contributed by atoms with Crippen molar-refractivity contribution in [3.63, 3.8) is 0 Å². The number of carboxylic acids is 1. The van der Waals surface area contributed by atoms with Gasteiger partial charge in [-0.3, -0.25) is 9.48 Å². The number of aromatic nitrogens is 2. The lowest BCUT2D eigenvalue weighted by Gasteiger charge is -2.22. The minimum Gasteiger partial charge on any atom is -0.480 e. The van der Waals surface area contributed by atoms with E-state index in [9.17, 15) is 4.79 Å². The van der Waals surface area contributed by atoms with Crippen molar-refractivity contribution in [2.75, 3.05) is 13.6 Å². The number of nitrogens with zero attached hydrogens (tertiary/aromatic N) is 3. The van der Waals surface area contributed by atoms with E-state index in [1.165, 1.54) is 0 Å². The van der Waals surface area contributed by atoms with Crippen LogP contribution in [0.25, 0.3) is 0 Å². The molecular formula is C9H13N3O2. The van der Waals surface area contributed by atoms with Gasteiger partial charge in [0.1, 0.15) is 6.54 Å². The Morgan fingerprint density at radius 2 is 2.50 bits per heavy atom. The molecule has 0 saturated carbocycles. The van der Waals surface area contributed by atoms with Crippen molar-refractivity contribution >= 4 is 5.97 Å². The van der Waals surface area contributed by atoms with Gasteiger partial charge in [0.05, 0.1) is 6.20 Å². The van der Waals surface area contributed by atoms with Crippen LogP contribution in [0.15, 0.2) is 6.20 Å². The van der Waals surface area contributed by atoms with Crippen molar-refractivity contribution in [1.29, 1.82) is 0 Å². The van der Waals surface area contributed by atoms with Crippen LogP contribution in [0.5, 0.6) is 0 Å². The van der Waals surface area contributed by atoms with Gasteiger partial charge in [0, 0.05) is 30.8 Å². The summed E-state index contributed by atoms with van der Waals surface area (Å²) in [6.45, 7) is 1.81. The molecule has 1 aliphatic heterocycles. The van der Waals surface area contributed by atoms with Crippen LogP contribution in [0.1, 0.15) is 11.3 Å². The third kappa shape index (κ3) is 1.63. The van der Waals surface area contributed by atoms with Gasteiger partial charge in [0.25, 0.3) is 0 Å². The van der Waals surface area contributed by atoms with Gasteiger partial charge in [-0.2, -0.15) is 5.10 Å². The summed E-state index contributed by atoms with van der Waals surface area (Å²) in [6, 6.07) is 0. The van der Waals surface area contributed by atoms with Gasteiger partial charge in [0.15, 0.2) is 0 Å². The van der Waals surface area contributed by atoms with Gasteiger partial charge >= 0.3 is 5.97 Å². The number of rotatable bonds is 2. The maximum Gasteiger partial charge on any atom is 0.325 e. The highest BCUT2D eigenvalue weighted by Gasteiger charge is 2.18. The molecule has 0 unspecified atom stereocenters. The Kier molecular flexibility index (Phi) is 2.25. The molecule has 0 radical (unpaired) electrons. The van der Waals surface area contributed by atoms with E-state index in [2.05, 4.69) is 17.0 Å². The largest absolute Gasteiger partial charge is 0.480 e. The molecule has 0 fully saturated rings. The van der Waals surface area contributed by atoms with Crippen LogP contribution in [-0.4, -0.2) is 39.3 Å². The van der Waals surface area contributed by atoms with Crippen LogP contribution in [0.3, 0.4) is 0 Å². The molecule has 0 amide bonds. The standard InChI is InChI=1S/C9H13N3O2/c1-11-3-2-8-7(5-11)4-10-12(8)6-9(13)14/h4H,2-3,5-6H2,1H3,(H,13,14). The van der Waals surface area contributed by atoms with E-state index in [1.54, 1.807) is 10.9 Å². The third-order valence-electron chi connectivity index (χ3n) is 2.49. The number of carbonyl (C=O) groups is 1. The van der Waals surface area contributed by atoms with E-state index in [0.29, 0.717) is 0 Å². The summed E-state index contributed by atoms with van der Waals surface area (Å²) in [6.07, 6.45) is 2.66. The van der Waals surface area contributed by atoms with Crippen molar-refractivity contribution in [1.82, 2.24) is 14.7 Å². The fourth-order valence-corrected chi connectivity index (χ4v) is 1.80. The number of aliphatic carboxylic acids is 1. The lowest BCUT2D eigenvalue weighted by molar-refractivity contribution is -0.137. The van der Waals surface area contributed by atoms with Gasteiger partial charge in [-0.1, -0.05) is 0 Å². The molecular weight excluding hydrogens is 182 g/mol. The molecule has 0 aromatic carbocycles. The van der Waals surface area contributed by atoms with Crippen LogP contribution < -0.4 is 0 Å². The Morgan fingerprint density at radius 3 is 3.21 bits per heavy atom. The molecule has 76 valence electrons. The lowest BCUT2D eigenvalue weighted by atomic mass is 10.1. The molecule has 5 nitrogen and oxygen atoms in total. The second-order valence-corrected chi connectivity index (χ2v) is 3.66. The van der Waals surface area contributed by atoms with Crippen LogP contribution in [0, 0.1) is 0 Å². The highest BCUT2D eigenvalue weighted by atomic mass is 16.4. The van der Waals surface area contributed by atoms with Crippen molar-refractivity contribution in [2.24, 2.45) is 0 Å². The second-order valence-electron chi connectivity index (χ2n) is 3.66. The molecule has 1 N–H and O–H groups in total. The maximum absolute atomic E-state index is 10.5. The highest BCUT2D eigenvalue weighted by molar-refractivity contribution is 5.66. The first-order chi connectivity index (χ1) is 6.66. The normalized spacial score (nSPS) is 16.6. The topological polar surface area (TPSA) is 58.4 Å². The summed E-state index contributed by atoms with van der Waals surface area (Å²) >= 11 is 0. The Balaban J connectivity index is 2.24. The van der Waals surface area contributed by atoms with E-state index in [1.807, 2.05) is 0 Å². The zero-order valence-electron chi connectivity index (χ0n) is 8.10. The van der Waals surface area contributed by atoms with Crippen molar-refractivity contribution in [3.05, 3.63) is 17.5 Å². The van der Waals surface area contributed by atoms with Gasteiger partial charge in [-0.05, 0) is 7.05 Å². The molecule has 2 rings (SSSR count). The number of hydrogen-bond acceptors (Lipinski definition) is 3. The first kappa shape index (κ1) is 9.21. The van der Waals surface area contributed by atoms with Crippen LogP contribution in [-0.2, 0) is 24.3 Å². The summed E-state index contributed by atoms with van der Waals surface area (Å²) < 4.78 is 1.59. The average molecular weight is 195 g/mol. The average Bonchev–Trinajstić information content (AvgIpc) is 2.47. The van der Waals surface area contributed by atoms with Crippen molar-refractivity contribution < 1.29 is 9.90 Å². The first-order valence-corrected chi connectivity index (χ1v) is 4.60. The highest BCUT2D eigenvalue weighted by Crippen LogP contribution is 2.16. The molecule has 5 heteroatoms. The minimum atomic E-state index is -0.838. The van der Waals surface area contributed by atoms with Gasteiger partial charge < -0.3 is 10.0 Å². The number of fused-ring (bicyclic) bond motifs is 1. The zero-order chi connectivity index (χ0) is 10.1. The first-order valence-electron chi connectivity index (χ1n) is 4.60. The maximum atomic E-state index is 10.5. The fourth-order valence-electron chi connectivity index (χ4n) is 1.80. The summed E-state index contributed by atoms with van der Waals surface area (Å²) in [5.74, 6) is -0.838. The van der Waals surface area contributed by atoms with Gasteiger partial charge in [0.2, 0.25) is 0 Å². The molecule has 1 aromatic heterocycles. The SMILES string of the molecule is CN1CCc2c(cnn2CC(=O)O)C1. The molecule has 1 aromatic rings. The van der Waals surface area contributed by atoms with Crippen LogP contribution in [0.4, 0.5) is 0 Å². The van der Waals surface area contributed by atoms with E-state index >= 15 is 0 Å².